The molecule has 0 saturated carbocycles. The predicted octanol–water partition coefficient (Wildman–Crippen LogP) is 2.53. The summed E-state index contributed by atoms with van der Waals surface area (Å²) in [5, 5.41) is 6.54. The number of likely N-dealkylation sites (N-methyl/N-ethyl adjacent to an activating group) is 1. The number of aliphatic imine (C=N–C) groups is 1. The normalized spacial score (nSPS) is 14.0. The van der Waals surface area contributed by atoms with Crippen molar-refractivity contribution in [2.24, 2.45) is 4.99 Å². The molecule has 0 spiro atoms. The Morgan fingerprint density at radius 2 is 2.08 bits per heavy atom. The largest absolute Gasteiger partial charge is 0.468 e. The van der Waals surface area contributed by atoms with Gasteiger partial charge in [-0.05, 0) is 26.2 Å². The maximum Gasteiger partial charge on any atom is 0.213 e. The van der Waals surface area contributed by atoms with Gasteiger partial charge in [-0.25, -0.2) is 4.98 Å². The number of hydrogen-bond donors (Lipinski definition) is 2. The molecule has 2 rings (SSSR count). The van der Waals surface area contributed by atoms with E-state index in [9.17, 15) is 0 Å². The number of aromatic nitrogens is 1. The molecule has 25 heavy (non-hydrogen) atoms. The Hall–Kier alpha value is -2.28. The van der Waals surface area contributed by atoms with Crippen molar-refractivity contribution in [3.8, 4) is 0 Å². The summed E-state index contributed by atoms with van der Waals surface area (Å²) in [6.07, 6.45) is 3.47. The van der Waals surface area contributed by atoms with Gasteiger partial charge in [-0.3, -0.25) is 9.89 Å². The van der Waals surface area contributed by atoms with Gasteiger partial charge in [0.2, 0.25) is 5.89 Å². The first-order valence-corrected chi connectivity index (χ1v) is 8.40. The first-order valence-electron chi connectivity index (χ1n) is 8.40. The van der Waals surface area contributed by atoms with Crippen molar-refractivity contribution in [2.75, 3.05) is 27.7 Å². The van der Waals surface area contributed by atoms with Crippen LogP contribution in [-0.4, -0.2) is 43.5 Å². The van der Waals surface area contributed by atoms with Crippen LogP contribution in [0.25, 0.3) is 0 Å². The minimum Gasteiger partial charge on any atom is -0.468 e. The van der Waals surface area contributed by atoms with Crippen molar-refractivity contribution in [2.45, 2.75) is 38.8 Å². The Morgan fingerprint density at radius 1 is 1.32 bits per heavy atom. The SMILES string of the molecule is CN=C(NCc1ncc(C(C)(C)C)o1)NCC(c1ccco1)N(C)C. The fourth-order valence-corrected chi connectivity index (χ4v) is 2.33. The highest BCUT2D eigenvalue weighted by Gasteiger charge is 2.20. The Labute approximate surface area is 149 Å². The maximum atomic E-state index is 5.79. The summed E-state index contributed by atoms with van der Waals surface area (Å²) in [7, 11) is 5.78. The monoisotopic (exact) mass is 347 g/mol. The van der Waals surface area contributed by atoms with Gasteiger partial charge >= 0.3 is 0 Å². The fraction of sp³-hybridized carbons (Fsp3) is 0.556. The zero-order valence-electron chi connectivity index (χ0n) is 16.0. The number of nitrogens with one attached hydrogen (secondary N) is 2. The zero-order chi connectivity index (χ0) is 18.4. The number of oxazole rings is 1. The molecule has 7 heteroatoms. The zero-order valence-corrected chi connectivity index (χ0v) is 16.0. The summed E-state index contributed by atoms with van der Waals surface area (Å²) in [4.78, 5) is 10.7. The van der Waals surface area contributed by atoms with E-state index >= 15 is 0 Å². The van der Waals surface area contributed by atoms with Crippen molar-refractivity contribution in [1.82, 2.24) is 20.5 Å². The molecule has 0 saturated heterocycles. The predicted molar refractivity (Wildman–Crippen MR) is 98.5 cm³/mol. The summed E-state index contributed by atoms with van der Waals surface area (Å²) >= 11 is 0. The van der Waals surface area contributed by atoms with E-state index in [4.69, 9.17) is 8.83 Å². The van der Waals surface area contributed by atoms with Crippen LogP contribution in [0.4, 0.5) is 0 Å². The van der Waals surface area contributed by atoms with Gasteiger partial charge in [0.25, 0.3) is 0 Å². The number of rotatable bonds is 6. The van der Waals surface area contributed by atoms with Crippen LogP contribution >= 0.6 is 0 Å². The summed E-state index contributed by atoms with van der Waals surface area (Å²) < 4.78 is 11.3. The molecule has 0 aliphatic rings. The second kappa shape index (κ2) is 8.20. The molecular weight excluding hydrogens is 318 g/mol. The molecule has 7 nitrogen and oxygen atoms in total. The van der Waals surface area contributed by atoms with E-state index in [1.54, 1.807) is 19.5 Å². The Kier molecular flexibility index (Phi) is 6.25. The molecule has 0 radical (unpaired) electrons. The average molecular weight is 347 g/mol. The molecule has 0 bridgehead atoms. The third kappa shape index (κ3) is 5.35. The first kappa shape index (κ1) is 19.1. The molecule has 0 aliphatic carbocycles. The van der Waals surface area contributed by atoms with Gasteiger partial charge in [-0.2, -0.15) is 0 Å². The Bertz CT molecular complexity index is 668. The van der Waals surface area contributed by atoms with Crippen molar-refractivity contribution < 1.29 is 8.83 Å². The van der Waals surface area contributed by atoms with Crippen LogP contribution in [0.5, 0.6) is 0 Å². The van der Waals surface area contributed by atoms with Crippen molar-refractivity contribution in [1.29, 1.82) is 0 Å². The molecule has 0 fully saturated rings. The van der Waals surface area contributed by atoms with Gasteiger partial charge in [-0.15, -0.1) is 0 Å². The lowest BCUT2D eigenvalue weighted by molar-refractivity contribution is 0.258. The first-order chi connectivity index (χ1) is 11.8. The van der Waals surface area contributed by atoms with E-state index in [1.807, 2.05) is 26.2 Å². The van der Waals surface area contributed by atoms with Crippen LogP contribution in [0, 0.1) is 0 Å². The van der Waals surface area contributed by atoms with Gasteiger partial charge in [0.05, 0.1) is 25.0 Å². The summed E-state index contributed by atoms with van der Waals surface area (Å²) in [5.74, 6) is 3.12. The second-order valence-corrected chi connectivity index (χ2v) is 7.17. The third-order valence-corrected chi connectivity index (χ3v) is 3.88. The van der Waals surface area contributed by atoms with Crippen molar-refractivity contribution >= 4 is 5.96 Å². The lowest BCUT2D eigenvalue weighted by Gasteiger charge is -2.23. The highest BCUT2D eigenvalue weighted by molar-refractivity contribution is 5.79. The van der Waals surface area contributed by atoms with Gasteiger partial charge in [-0.1, -0.05) is 20.8 Å². The van der Waals surface area contributed by atoms with Crippen LogP contribution in [0.3, 0.4) is 0 Å². The molecule has 2 N–H and O–H groups in total. The van der Waals surface area contributed by atoms with Crippen molar-refractivity contribution in [3.05, 3.63) is 42.0 Å². The molecule has 2 aromatic rings. The van der Waals surface area contributed by atoms with E-state index in [0.29, 0.717) is 24.9 Å². The van der Waals surface area contributed by atoms with Gasteiger partial charge in [0, 0.05) is 19.0 Å². The van der Waals surface area contributed by atoms with Crippen LogP contribution in [0.15, 0.2) is 38.4 Å². The molecule has 0 aromatic carbocycles. The van der Waals surface area contributed by atoms with E-state index in [-0.39, 0.29) is 11.5 Å². The molecule has 1 atom stereocenters. The fourth-order valence-electron chi connectivity index (χ4n) is 2.33. The standard InChI is InChI=1S/C18H29N5O2/c1-18(2,3)15-11-20-16(25-15)12-22-17(19-4)21-10-13(23(5)6)14-8-7-9-24-14/h7-9,11,13H,10,12H2,1-6H3,(H2,19,21,22). The van der Waals surface area contributed by atoms with Crippen LogP contribution in [-0.2, 0) is 12.0 Å². The van der Waals surface area contributed by atoms with E-state index < -0.39 is 0 Å². The number of furan rings is 1. The van der Waals surface area contributed by atoms with E-state index in [2.05, 4.69) is 46.3 Å². The van der Waals surface area contributed by atoms with Crippen LogP contribution in [0.2, 0.25) is 0 Å². The topological polar surface area (TPSA) is 78.8 Å². The number of hydrogen-bond acceptors (Lipinski definition) is 5. The average Bonchev–Trinajstić information content (AvgIpc) is 3.21. The smallest absolute Gasteiger partial charge is 0.213 e. The molecular formula is C18H29N5O2. The summed E-state index contributed by atoms with van der Waals surface area (Å²) in [6.45, 7) is 7.44. The Morgan fingerprint density at radius 3 is 2.60 bits per heavy atom. The van der Waals surface area contributed by atoms with E-state index in [0.717, 1.165) is 11.5 Å². The van der Waals surface area contributed by atoms with Crippen LogP contribution in [0.1, 0.15) is 44.2 Å². The molecule has 2 heterocycles. The Balaban J connectivity index is 1.89. The maximum absolute atomic E-state index is 5.79. The lowest BCUT2D eigenvalue weighted by atomic mass is 9.94. The molecule has 138 valence electrons. The molecule has 0 aliphatic heterocycles. The van der Waals surface area contributed by atoms with E-state index in [1.165, 1.54) is 0 Å². The number of nitrogens with zero attached hydrogens (tertiary/aromatic N) is 3. The quantitative estimate of drug-likeness (QED) is 0.617. The van der Waals surface area contributed by atoms with Gasteiger partial charge in [0.15, 0.2) is 5.96 Å². The highest BCUT2D eigenvalue weighted by Crippen LogP contribution is 2.22. The lowest BCUT2D eigenvalue weighted by Crippen LogP contribution is -2.41. The third-order valence-electron chi connectivity index (χ3n) is 3.88. The van der Waals surface area contributed by atoms with Crippen molar-refractivity contribution in [3.63, 3.8) is 0 Å². The van der Waals surface area contributed by atoms with Gasteiger partial charge in [0.1, 0.15) is 11.5 Å². The van der Waals surface area contributed by atoms with Crippen LogP contribution < -0.4 is 10.6 Å². The second-order valence-electron chi connectivity index (χ2n) is 7.17. The highest BCUT2D eigenvalue weighted by atomic mass is 16.4. The summed E-state index contributed by atoms with van der Waals surface area (Å²) in [6, 6.07) is 3.99. The molecule has 2 aromatic heterocycles. The minimum absolute atomic E-state index is 0.0485. The number of guanidine groups is 1. The molecule has 1 unspecified atom stereocenters. The minimum atomic E-state index is -0.0485. The summed E-state index contributed by atoms with van der Waals surface area (Å²) in [5.41, 5.74) is -0.0485. The van der Waals surface area contributed by atoms with Gasteiger partial charge < -0.3 is 19.5 Å². The molecule has 0 amide bonds.